The molecule has 0 radical (unpaired) electrons. The average molecular weight is 474 g/mol. The van der Waals surface area contributed by atoms with Crippen LogP contribution in [0.15, 0.2) is 109 Å². The van der Waals surface area contributed by atoms with Gasteiger partial charge in [0.2, 0.25) is 0 Å². The number of esters is 1. The van der Waals surface area contributed by atoms with E-state index in [2.05, 4.69) is 60.7 Å². The Bertz CT molecular complexity index is 1170. The van der Waals surface area contributed by atoms with Crippen LogP contribution >= 0.6 is 7.26 Å². The van der Waals surface area contributed by atoms with Crippen LogP contribution in [0.25, 0.3) is 0 Å². The number of ether oxygens (including phenoxy) is 2. The number of carbonyl (C=O) groups excluding carboxylic acids is 1. The third kappa shape index (κ3) is 5.03. The van der Waals surface area contributed by atoms with E-state index in [9.17, 15) is 9.18 Å². The molecule has 5 heteroatoms. The maximum atomic E-state index is 12.8. The zero-order chi connectivity index (χ0) is 23.8. The van der Waals surface area contributed by atoms with E-state index in [0.29, 0.717) is 11.3 Å². The SMILES string of the molecule is COC(=O)c1ccc(C[PH](c2ccccc2)(c2ccccc2)c2cccc(OCC[18F])c2)cc1. The Morgan fingerprint density at radius 3 is 1.91 bits per heavy atom. The van der Waals surface area contributed by atoms with Gasteiger partial charge in [0, 0.05) is 0 Å². The van der Waals surface area contributed by atoms with Gasteiger partial charge in [-0.1, -0.05) is 0 Å². The van der Waals surface area contributed by atoms with Crippen LogP contribution in [-0.2, 0) is 10.9 Å². The summed E-state index contributed by atoms with van der Waals surface area (Å²) in [5, 5.41) is 3.71. The molecule has 0 amide bonds. The summed E-state index contributed by atoms with van der Waals surface area (Å²) in [5.41, 5.74) is 1.65. The van der Waals surface area contributed by atoms with E-state index < -0.39 is 13.9 Å². The molecule has 174 valence electrons. The minimum atomic E-state index is -2.58. The molecule has 0 atom stereocenters. The van der Waals surface area contributed by atoms with E-state index in [1.54, 1.807) is 0 Å². The van der Waals surface area contributed by atoms with Gasteiger partial charge in [-0.05, 0) is 0 Å². The predicted octanol–water partition coefficient (Wildman–Crippen LogP) is 5.05. The van der Waals surface area contributed by atoms with Gasteiger partial charge in [-0.25, -0.2) is 0 Å². The summed E-state index contributed by atoms with van der Waals surface area (Å²) in [4.78, 5) is 11.9. The quantitative estimate of drug-likeness (QED) is 0.252. The van der Waals surface area contributed by atoms with Gasteiger partial charge in [0.25, 0.3) is 0 Å². The monoisotopic (exact) mass is 473 g/mol. The Hall–Kier alpha value is -3.49. The van der Waals surface area contributed by atoms with Crippen LogP contribution in [0.5, 0.6) is 5.75 Å². The van der Waals surface area contributed by atoms with Crippen molar-refractivity contribution < 1.29 is 18.7 Å². The molecule has 0 aromatic heterocycles. The van der Waals surface area contributed by atoms with Gasteiger partial charge in [0.05, 0.1) is 0 Å². The van der Waals surface area contributed by atoms with E-state index in [1.807, 2.05) is 48.5 Å². The second-order valence-corrected chi connectivity index (χ2v) is 12.0. The second kappa shape index (κ2) is 11.1. The molecule has 0 saturated heterocycles. The van der Waals surface area contributed by atoms with Gasteiger partial charge < -0.3 is 0 Å². The van der Waals surface area contributed by atoms with Crippen molar-refractivity contribution >= 4 is 29.1 Å². The molecule has 4 aromatic rings. The zero-order valence-electron chi connectivity index (χ0n) is 19.1. The predicted molar refractivity (Wildman–Crippen MR) is 139 cm³/mol. The maximum absolute atomic E-state index is 12.8. The molecule has 0 aliphatic heterocycles. The molecule has 0 bridgehead atoms. The van der Waals surface area contributed by atoms with Crippen molar-refractivity contribution in [3.05, 3.63) is 120 Å². The topological polar surface area (TPSA) is 35.5 Å². The van der Waals surface area contributed by atoms with Crippen LogP contribution in [-0.4, -0.2) is 26.4 Å². The average Bonchev–Trinajstić information content (AvgIpc) is 2.91. The molecule has 0 N–H and O–H groups in total. The number of benzene rings is 4. The third-order valence-corrected chi connectivity index (χ3v) is 10.9. The minimum absolute atomic E-state index is 0.0314. The molecule has 0 heterocycles. The second-order valence-electron chi connectivity index (χ2n) is 8.07. The van der Waals surface area contributed by atoms with Crippen LogP contribution in [0.1, 0.15) is 15.9 Å². The van der Waals surface area contributed by atoms with Gasteiger partial charge in [-0.15, -0.1) is 0 Å². The molecule has 0 saturated carbocycles. The van der Waals surface area contributed by atoms with Crippen molar-refractivity contribution in [1.29, 1.82) is 0 Å². The Morgan fingerprint density at radius 2 is 1.35 bits per heavy atom. The number of hydrogen-bond donors (Lipinski definition) is 0. The van der Waals surface area contributed by atoms with E-state index in [0.717, 1.165) is 11.7 Å². The van der Waals surface area contributed by atoms with Gasteiger partial charge in [-0.3, -0.25) is 0 Å². The summed E-state index contributed by atoms with van der Waals surface area (Å²) < 4.78 is 23.3. The first-order valence-corrected chi connectivity index (χ1v) is 13.5. The van der Waals surface area contributed by atoms with E-state index in [-0.39, 0.29) is 12.6 Å². The fourth-order valence-electron chi connectivity index (χ4n) is 4.44. The Labute approximate surface area is 200 Å². The van der Waals surface area contributed by atoms with Crippen molar-refractivity contribution in [3.63, 3.8) is 0 Å². The van der Waals surface area contributed by atoms with Crippen LogP contribution in [0.3, 0.4) is 0 Å². The Kier molecular flexibility index (Phi) is 7.72. The van der Waals surface area contributed by atoms with E-state index >= 15 is 0 Å². The van der Waals surface area contributed by atoms with Crippen LogP contribution < -0.4 is 20.7 Å². The van der Waals surface area contributed by atoms with Gasteiger partial charge in [0.15, 0.2) is 0 Å². The third-order valence-electron chi connectivity index (χ3n) is 6.05. The van der Waals surface area contributed by atoms with Crippen LogP contribution in [0.4, 0.5) is 4.39 Å². The summed E-state index contributed by atoms with van der Waals surface area (Å²) >= 11 is 0. The summed E-state index contributed by atoms with van der Waals surface area (Å²) in [5.74, 6) is 0.318. The fraction of sp³-hybridized carbons (Fsp3) is 0.138. The van der Waals surface area contributed by atoms with Crippen molar-refractivity contribution in [2.45, 2.75) is 6.16 Å². The molecule has 34 heavy (non-hydrogen) atoms. The number of methoxy groups -OCH3 is 1. The summed E-state index contributed by atoms with van der Waals surface area (Å²) in [6.45, 7) is -0.500. The number of carbonyl (C=O) groups is 1. The zero-order valence-corrected chi connectivity index (χ0v) is 20.1. The van der Waals surface area contributed by atoms with E-state index in [1.165, 1.54) is 23.0 Å². The summed E-state index contributed by atoms with van der Waals surface area (Å²) in [6.07, 6.45) is 0.787. The van der Waals surface area contributed by atoms with Crippen molar-refractivity contribution in [1.82, 2.24) is 0 Å². The van der Waals surface area contributed by atoms with Crippen molar-refractivity contribution in [2.75, 3.05) is 20.4 Å². The normalized spacial score (nSPS) is 11.6. The van der Waals surface area contributed by atoms with E-state index in [4.69, 9.17) is 9.47 Å². The number of hydrogen-bond acceptors (Lipinski definition) is 3. The molecule has 4 aromatic carbocycles. The molecule has 0 aliphatic carbocycles. The molecule has 4 rings (SSSR count). The van der Waals surface area contributed by atoms with Crippen molar-refractivity contribution in [2.24, 2.45) is 0 Å². The van der Waals surface area contributed by atoms with Crippen molar-refractivity contribution in [3.8, 4) is 5.75 Å². The standard InChI is InChI=1S/C29H28FO3P/c1-32-29(31)24-17-15-23(16-18-24)22-34(26-10-4-2-5-11-26,27-12-6-3-7-13-27)28-14-8-9-25(21-28)33-20-19-30/h2-18,21,34H,19-20,22H2,1H3/i30-1. The van der Waals surface area contributed by atoms with Gasteiger partial charge in [0.1, 0.15) is 0 Å². The summed E-state index contributed by atoms with van der Waals surface area (Å²) in [6, 6.07) is 36.8. The molecular formula is C29H28FO3P. The van der Waals surface area contributed by atoms with Crippen LogP contribution in [0, 0.1) is 0 Å². The first-order valence-electron chi connectivity index (χ1n) is 11.2. The molecular weight excluding hydrogens is 445 g/mol. The number of halogens is 1. The number of alkyl halides is 1. The fourth-order valence-corrected chi connectivity index (χ4v) is 9.19. The first kappa shape index (κ1) is 23.7. The van der Waals surface area contributed by atoms with Gasteiger partial charge >= 0.3 is 200 Å². The Morgan fingerprint density at radius 1 is 0.765 bits per heavy atom. The first-order chi connectivity index (χ1) is 16.7. The molecule has 0 spiro atoms. The summed E-state index contributed by atoms with van der Waals surface area (Å²) in [7, 11) is -1.19. The number of rotatable bonds is 9. The molecule has 3 nitrogen and oxygen atoms in total. The van der Waals surface area contributed by atoms with Crippen LogP contribution in [0.2, 0.25) is 0 Å². The van der Waals surface area contributed by atoms with Gasteiger partial charge in [-0.2, -0.15) is 0 Å². The molecule has 0 fully saturated rings. The molecule has 0 aliphatic rings. The Balaban J connectivity index is 1.90. The molecule has 0 unspecified atom stereocenters.